The number of hydrogen-bond acceptors (Lipinski definition) is 2. The Hall–Kier alpha value is -1.24. The molecule has 20 heavy (non-hydrogen) atoms. The number of rotatable bonds is 5. The molecule has 2 heteroatoms. The van der Waals surface area contributed by atoms with Gasteiger partial charge in [-0.15, -0.1) is 11.3 Å². The molecule has 2 aliphatic rings. The Labute approximate surface area is 126 Å². The van der Waals surface area contributed by atoms with Crippen molar-refractivity contribution < 1.29 is 0 Å². The molecule has 0 aromatic carbocycles. The molecule has 0 amide bonds. The van der Waals surface area contributed by atoms with Gasteiger partial charge in [0.1, 0.15) is 0 Å². The van der Waals surface area contributed by atoms with Crippen molar-refractivity contribution in [1.29, 1.82) is 0 Å². The zero-order valence-corrected chi connectivity index (χ0v) is 13.4. The van der Waals surface area contributed by atoms with Crippen molar-refractivity contribution >= 4 is 11.3 Å². The van der Waals surface area contributed by atoms with Gasteiger partial charge in [-0.2, -0.15) is 0 Å². The van der Waals surface area contributed by atoms with Crippen molar-refractivity contribution in [2.24, 2.45) is 5.92 Å². The maximum Gasteiger partial charge on any atom is 0.0551 e. The summed E-state index contributed by atoms with van der Waals surface area (Å²) in [6.45, 7) is 6.52. The highest BCUT2D eigenvalue weighted by Gasteiger charge is 2.23. The molecule has 2 heterocycles. The average Bonchev–Trinajstić information content (AvgIpc) is 3.11. The van der Waals surface area contributed by atoms with Gasteiger partial charge in [-0.1, -0.05) is 25.5 Å². The van der Waals surface area contributed by atoms with Crippen LogP contribution >= 0.6 is 11.3 Å². The molecular weight excluding hydrogens is 262 g/mol. The summed E-state index contributed by atoms with van der Waals surface area (Å²) >= 11 is 1.93. The highest BCUT2D eigenvalue weighted by Crippen LogP contribution is 2.37. The molecule has 3 rings (SSSR count). The van der Waals surface area contributed by atoms with E-state index in [1.807, 2.05) is 11.3 Å². The van der Waals surface area contributed by atoms with Crippen LogP contribution in [-0.2, 0) is 6.42 Å². The fraction of sp³-hybridized carbons (Fsp3) is 0.500. The number of nitrogens with one attached hydrogen (secondary N) is 1. The molecule has 1 atom stereocenters. The minimum Gasteiger partial charge on any atom is -0.356 e. The second-order valence-electron chi connectivity index (χ2n) is 6.16. The number of allylic oxidation sites excluding steroid dienone is 3. The smallest absolute Gasteiger partial charge is 0.0551 e. The maximum atomic E-state index is 3.49. The van der Waals surface area contributed by atoms with Crippen LogP contribution in [0.5, 0.6) is 0 Å². The van der Waals surface area contributed by atoms with E-state index in [0.717, 1.165) is 11.6 Å². The van der Waals surface area contributed by atoms with Crippen molar-refractivity contribution in [3.63, 3.8) is 0 Å². The molecule has 0 saturated heterocycles. The van der Waals surface area contributed by atoms with Gasteiger partial charge in [0, 0.05) is 16.5 Å². The van der Waals surface area contributed by atoms with Gasteiger partial charge in [0.25, 0.3) is 0 Å². The Balaban J connectivity index is 1.75. The van der Waals surface area contributed by atoms with E-state index >= 15 is 0 Å². The molecule has 1 aliphatic heterocycles. The summed E-state index contributed by atoms with van der Waals surface area (Å²) in [7, 11) is 0. The van der Waals surface area contributed by atoms with Crippen molar-refractivity contribution in [3.05, 3.63) is 50.7 Å². The molecule has 0 bridgehead atoms. The summed E-state index contributed by atoms with van der Waals surface area (Å²) in [5.41, 5.74) is 8.49. The first-order valence-electron chi connectivity index (χ1n) is 7.62. The van der Waals surface area contributed by atoms with Crippen LogP contribution in [0.1, 0.15) is 56.4 Å². The third kappa shape index (κ3) is 3.08. The molecular formula is C18H23NS. The Bertz CT molecular complexity index is 595. The quantitative estimate of drug-likeness (QED) is 0.739. The lowest BCUT2D eigenvalue weighted by atomic mass is 9.94. The van der Waals surface area contributed by atoms with Crippen molar-refractivity contribution in [2.75, 3.05) is 0 Å². The topological polar surface area (TPSA) is 12.0 Å². The number of hydrogen-bond donors (Lipinski definition) is 1. The average molecular weight is 285 g/mol. The van der Waals surface area contributed by atoms with Gasteiger partial charge >= 0.3 is 0 Å². The summed E-state index contributed by atoms with van der Waals surface area (Å²) < 4.78 is 0. The second kappa shape index (κ2) is 5.63. The van der Waals surface area contributed by atoms with E-state index in [9.17, 15) is 0 Å². The summed E-state index contributed by atoms with van der Waals surface area (Å²) in [6, 6.07) is 2.31. The number of thiophene rings is 1. The van der Waals surface area contributed by atoms with Crippen LogP contribution in [0.15, 0.2) is 40.2 Å². The molecule has 1 aromatic heterocycles. The maximum absolute atomic E-state index is 3.49. The Kier molecular flexibility index (Phi) is 3.87. The molecule has 1 N–H and O–H groups in total. The van der Waals surface area contributed by atoms with E-state index in [0.29, 0.717) is 5.92 Å². The van der Waals surface area contributed by atoms with E-state index in [4.69, 9.17) is 0 Å². The summed E-state index contributed by atoms with van der Waals surface area (Å²) in [6.07, 6.45) is 7.79. The minimum absolute atomic E-state index is 0.447. The fourth-order valence-electron chi connectivity index (χ4n) is 2.93. The molecule has 1 fully saturated rings. The highest BCUT2D eigenvalue weighted by molar-refractivity contribution is 7.10. The summed E-state index contributed by atoms with van der Waals surface area (Å²) in [5, 5.41) is 5.74. The van der Waals surface area contributed by atoms with E-state index < -0.39 is 0 Å². The van der Waals surface area contributed by atoms with Gasteiger partial charge in [0.15, 0.2) is 0 Å². The molecule has 1 aromatic rings. The van der Waals surface area contributed by atoms with E-state index in [2.05, 4.69) is 49.3 Å². The second-order valence-corrected chi connectivity index (χ2v) is 7.16. The van der Waals surface area contributed by atoms with Crippen LogP contribution < -0.4 is 5.32 Å². The third-order valence-corrected chi connectivity index (χ3v) is 5.27. The molecule has 1 nitrogen and oxygen atoms in total. The van der Waals surface area contributed by atoms with Crippen LogP contribution in [0.25, 0.3) is 0 Å². The van der Waals surface area contributed by atoms with Crippen LogP contribution in [0, 0.1) is 5.92 Å². The predicted molar refractivity (Wildman–Crippen MR) is 86.9 cm³/mol. The molecule has 1 saturated carbocycles. The molecule has 1 aliphatic carbocycles. The Morgan fingerprint density at radius 2 is 2.20 bits per heavy atom. The van der Waals surface area contributed by atoms with Crippen molar-refractivity contribution in [2.45, 2.75) is 52.4 Å². The van der Waals surface area contributed by atoms with Gasteiger partial charge in [0.05, 0.1) is 5.70 Å². The standard InChI is InChI=1S/C18H23NS/c1-12-10-13(2)19-17(11-12)14(3)16-8-9-20-18(16)7-6-15-4-5-15/h8-9,11,14-15,19H,4-7H2,1-3H3. The zero-order chi connectivity index (χ0) is 14.1. The predicted octanol–water partition coefficient (Wildman–Crippen LogP) is 5.13. The van der Waals surface area contributed by atoms with Crippen molar-refractivity contribution in [1.82, 2.24) is 5.32 Å². The van der Waals surface area contributed by atoms with Gasteiger partial charge in [0.2, 0.25) is 0 Å². The van der Waals surface area contributed by atoms with Crippen LogP contribution in [0.3, 0.4) is 0 Å². The summed E-state index contributed by atoms with van der Waals surface area (Å²) in [5.74, 6) is 1.46. The molecule has 1 unspecified atom stereocenters. The molecule has 0 spiro atoms. The lowest BCUT2D eigenvalue weighted by molar-refractivity contribution is 0.717. The van der Waals surface area contributed by atoms with Crippen LogP contribution in [0.4, 0.5) is 0 Å². The summed E-state index contributed by atoms with van der Waals surface area (Å²) in [4.78, 5) is 1.58. The third-order valence-electron chi connectivity index (χ3n) is 4.28. The van der Waals surface area contributed by atoms with Crippen molar-refractivity contribution in [3.8, 4) is 0 Å². The first-order chi connectivity index (χ1) is 9.63. The van der Waals surface area contributed by atoms with Gasteiger partial charge in [-0.3, -0.25) is 0 Å². The van der Waals surface area contributed by atoms with E-state index in [1.165, 1.54) is 42.5 Å². The minimum atomic E-state index is 0.447. The fourth-order valence-corrected chi connectivity index (χ4v) is 3.93. The van der Waals surface area contributed by atoms with E-state index in [1.54, 1.807) is 4.88 Å². The monoisotopic (exact) mass is 285 g/mol. The first-order valence-corrected chi connectivity index (χ1v) is 8.50. The van der Waals surface area contributed by atoms with Crippen LogP contribution in [0.2, 0.25) is 0 Å². The normalized spacial score (nSPS) is 19.9. The lowest BCUT2D eigenvalue weighted by Gasteiger charge is -2.21. The first kappa shape index (κ1) is 13.7. The number of aryl methyl sites for hydroxylation is 1. The van der Waals surface area contributed by atoms with Gasteiger partial charge in [-0.25, -0.2) is 0 Å². The van der Waals surface area contributed by atoms with Gasteiger partial charge in [-0.05, 0) is 61.3 Å². The highest BCUT2D eigenvalue weighted by atomic mass is 32.1. The Morgan fingerprint density at radius 1 is 1.40 bits per heavy atom. The largest absolute Gasteiger partial charge is 0.356 e. The van der Waals surface area contributed by atoms with Crippen LogP contribution in [-0.4, -0.2) is 0 Å². The Morgan fingerprint density at radius 3 is 2.90 bits per heavy atom. The lowest BCUT2D eigenvalue weighted by Crippen LogP contribution is -2.18. The molecule has 0 radical (unpaired) electrons. The molecule has 106 valence electrons. The zero-order valence-electron chi connectivity index (χ0n) is 12.6. The van der Waals surface area contributed by atoms with Gasteiger partial charge < -0.3 is 5.32 Å². The van der Waals surface area contributed by atoms with E-state index in [-0.39, 0.29) is 0 Å². The SMILES string of the molecule is CC1=C=C(C)NC(C(C)c2ccsc2CCC2CC2)=C1.